The molecule has 160 valence electrons. The number of nitrogens with zero attached hydrogens (tertiary/aromatic N) is 1. The molecule has 0 bridgehead atoms. The molecule has 0 aliphatic heterocycles. The second-order valence-electron chi connectivity index (χ2n) is 8.62. The lowest BCUT2D eigenvalue weighted by molar-refractivity contribution is -0.929. The van der Waals surface area contributed by atoms with Crippen LogP contribution in [-0.4, -0.2) is 30.5 Å². The summed E-state index contributed by atoms with van der Waals surface area (Å²) in [7, 11) is 4.68. The molecule has 2 aromatic carbocycles. The minimum Gasteiger partial charge on any atom is -1.00 e. The molecule has 1 aliphatic carbocycles. The highest BCUT2D eigenvalue weighted by molar-refractivity contribution is 7.21. The Hall–Kier alpha value is -1.15. The van der Waals surface area contributed by atoms with Crippen LogP contribution in [0.3, 0.4) is 0 Å². The lowest BCUT2D eigenvalue weighted by Gasteiger charge is -2.40. The third kappa shape index (κ3) is 5.18. The van der Waals surface area contributed by atoms with Crippen molar-refractivity contribution in [3.8, 4) is 0 Å². The molecule has 0 unspecified atom stereocenters. The zero-order valence-corrected chi connectivity index (χ0v) is 21.2. The maximum absolute atomic E-state index is 12.7. The van der Waals surface area contributed by atoms with Gasteiger partial charge in [-0.25, -0.2) is 0 Å². The molecule has 1 aliphatic rings. The van der Waals surface area contributed by atoms with Crippen LogP contribution in [-0.2, 0) is 6.54 Å². The Bertz CT molecular complexity index is 1010. The highest BCUT2D eigenvalue weighted by Crippen LogP contribution is 2.35. The normalized spacial score (nSPS) is 15.0. The molecule has 1 amide bonds. The molecule has 4 rings (SSSR count). The fourth-order valence-corrected chi connectivity index (χ4v) is 5.83. The van der Waals surface area contributed by atoms with Crippen molar-refractivity contribution in [1.82, 2.24) is 0 Å². The quantitative estimate of drug-likeness (QED) is 0.378. The standard InChI is InChI=1S/C24H27ClN2OS.HI/c1-27(2,19-8-4-3-5-9-19)16-17-12-14-18(15-13-17)26-24(28)23-22(25)20-10-6-7-11-21(20)29-23;/h6-7,10-15,19H,3-5,8-9,16H2,1-2H3;1H. The Kier molecular flexibility index (Phi) is 7.82. The van der Waals surface area contributed by atoms with Crippen LogP contribution in [0.15, 0.2) is 48.5 Å². The number of fused-ring (bicyclic) bond motifs is 1. The number of anilines is 1. The van der Waals surface area contributed by atoms with Crippen LogP contribution in [0, 0.1) is 0 Å². The molecule has 1 N–H and O–H groups in total. The Morgan fingerprint density at radius 3 is 2.40 bits per heavy atom. The fraction of sp³-hybridized carbons (Fsp3) is 0.375. The van der Waals surface area contributed by atoms with Gasteiger partial charge in [-0.2, -0.15) is 0 Å². The summed E-state index contributed by atoms with van der Waals surface area (Å²) in [6.07, 6.45) is 6.76. The maximum Gasteiger partial charge on any atom is 0.267 e. The molecule has 1 aromatic heterocycles. The number of amides is 1. The Morgan fingerprint density at radius 2 is 1.73 bits per heavy atom. The molecular weight excluding hydrogens is 527 g/mol. The summed E-state index contributed by atoms with van der Waals surface area (Å²) in [6.45, 7) is 1.01. The van der Waals surface area contributed by atoms with Crippen molar-refractivity contribution in [2.75, 3.05) is 19.4 Å². The molecule has 6 heteroatoms. The van der Waals surface area contributed by atoms with Crippen LogP contribution < -0.4 is 29.3 Å². The van der Waals surface area contributed by atoms with Gasteiger partial charge in [0.25, 0.3) is 5.91 Å². The molecule has 1 saturated carbocycles. The lowest BCUT2D eigenvalue weighted by atomic mass is 9.92. The average Bonchev–Trinajstić information content (AvgIpc) is 3.07. The molecule has 0 saturated heterocycles. The summed E-state index contributed by atoms with van der Waals surface area (Å²) in [5, 5.41) is 4.46. The van der Waals surface area contributed by atoms with E-state index in [2.05, 4.69) is 31.5 Å². The highest BCUT2D eigenvalue weighted by Gasteiger charge is 2.29. The summed E-state index contributed by atoms with van der Waals surface area (Å²) in [5.74, 6) is -0.151. The first-order valence-corrected chi connectivity index (χ1v) is 11.5. The van der Waals surface area contributed by atoms with E-state index in [4.69, 9.17) is 11.6 Å². The Balaban J connectivity index is 0.00000256. The second-order valence-corrected chi connectivity index (χ2v) is 10.1. The summed E-state index contributed by atoms with van der Waals surface area (Å²) >= 11 is 7.87. The van der Waals surface area contributed by atoms with E-state index in [0.717, 1.165) is 32.8 Å². The van der Waals surface area contributed by atoms with Gasteiger partial charge in [0.05, 0.1) is 25.2 Å². The van der Waals surface area contributed by atoms with Gasteiger partial charge in [0.1, 0.15) is 11.4 Å². The number of benzene rings is 2. The molecule has 3 nitrogen and oxygen atoms in total. The number of thiophene rings is 1. The van der Waals surface area contributed by atoms with Gasteiger partial charge in [0, 0.05) is 21.3 Å². The molecule has 0 spiro atoms. The van der Waals surface area contributed by atoms with E-state index >= 15 is 0 Å². The van der Waals surface area contributed by atoms with Crippen molar-refractivity contribution >= 4 is 44.6 Å². The zero-order valence-electron chi connectivity index (χ0n) is 17.5. The molecule has 1 fully saturated rings. The smallest absolute Gasteiger partial charge is 0.267 e. The van der Waals surface area contributed by atoms with Crippen molar-refractivity contribution in [3.05, 3.63) is 64.0 Å². The van der Waals surface area contributed by atoms with E-state index in [0.29, 0.717) is 9.90 Å². The summed E-state index contributed by atoms with van der Waals surface area (Å²) in [4.78, 5) is 13.3. The van der Waals surface area contributed by atoms with Gasteiger partial charge < -0.3 is 33.8 Å². The van der Waals surface area contributed by atoms with E-state index < -0.39 is 0 Å². The Morgan fingerprint density at radius 1 is 1.07 bits per heavy atom. The van der Waals surface area contributed by atoms with E-state index in [1.165, 1.54) is 49.0 Å². The number of hydrogen-bond donors (Lipinski definition) is 1. The molecule has 3 aromatic rings. The van der Waals surface area contributed by atoms with E-state index in [1.54, 1.807) is 0 Å². The molecular formula is C24H28ClIN2OS. The van der Waals surface area contributed by atoms with Crippen LogP contribution in [0.1, 0.15) is 47.3 Å². The monoisotopic (exact) mass is 554 g/mol. The fourth-order valence-electron chi connectivity index (χ4n) is 4.42. The van der Waals surface area contributed by atoms with Crippen LogP contribution >= 0.6 is 22.9 Å². The highest BCUT2D eigenvalue weighted by atomic mass is 127. The minimum absolute atomic E-state index is 0. The van der Waals surface area contributed by atoms with Crippen molar-refractivity contribution in [2.24, 2.45) is 0 Å². The summed E-state index contributed by atoms with van der Waals surface area (Å²) < 4.78 is 2.06. The minimum atomic E-state index is -0.151. The van der Waals surface area contributed by atoms with Crippen LogP contribution in [0.2, 0.25) is 5.02 Å². The second kappa shape index (κ2) is 9.98. The van der Waals surface area contributed by atoms with Gasteiger partial charge in [0.15, 0.2) is 0 Å². The van der Waals surface area contributed by atoms with Gasteiger partial charge >= 0.3 is 0 Å². The topological polar surface area (TPSA) is 29.1 Å². The Labute approximate surface area is 205 Å². The van der Waals surface area contributed by atoms with E-state index in [9.17, 15) is 4.79 Å². The van der Waals surface area contributed by atoms with Crippen LogP contribution in [0.5, 0.6) is 0 Å². The first kappa shape index (κ1) is 23.5. The van der Waals surface area contributed by atoms with E-state index in [-0.39, 0.29) is 29.9 Å². The third-order valence-electron chi connectivity index (χ3n) is 6.11. The first-order valence-electron chi connectivity index (χ1n) is 10.3. The van der Waals surface area contributed by atoms with Crippen molar-refractivity contribution < 1.29 is 33.3 Å². The number of carbonyl (C=O) groups excluding carboxylic acids is 1. The number of hydrogen-bond acceptors (Lipinski definition) is 2. The lowest BCUT2D eigenvalue weighted by Crippen LogP contribution is -3.00. The number of nitrogens with one attached hydrogen (secondary N) is 1. The predicted molar refractivity (Wildman–Crippen MR) is 124 cm³/mol. The molecule has 0 atom stereocenters. The summed E-state index contributed by atoms with van der Waals surface area (Å²) in [5.41, 5.74) is 2.11. The van der Waals surface area contributed by atoms with Crippen molar-refractivity contribution in [1.29, 1.82) is 0 Å². The summed E-state index contributed by atoms with van der Waals surface area (Å²) in [6, 6.07) is 16.8. The van der Waals surface area contributed by atoms with Gasteiger partial charge in [-0.3, -0.25) is 4.79 Å². The number of carbonyl (C=O) groups is 1. The van der Waals surface area contributed by atoms with E-state index in [1.807, 2.05) is 36.4 Å². The SMILES string of the molecule is C[N+](C)(Cc1ccc(NC(=O)c2sc3ccccc3c2Cl)cc1)C1CCCCC1.[I-]. The zero-order chi connectivity index (χ0) is 20.4. The molecule has 0 radical (unpaired) electrons. The van der Waals surface area contributed by atoms with Crippen LogP contribution in [0.4, 0.5) is 5.69 Å². The average molecular weight is 555 g/mol. The first-order chi connectivity index (χ1) is 13.9. The van der Waals surface area contributed by atoms with Crippen LogP contribution in [0.25, 0.3) is 10.1 Å². The number of halogens is 2. The number of quaternary nitrogens is 1. The molecule has 30 heavy (non-hydrogen) atoms. The predicted octanol–water partition coefficient (Wildman–Crippen LogP) is 3.72. The van der Waals surface area contributed by atoms with Gasteiger partial charge in [-0.15, -0.1) is 11.3 Å². The largest absolute Gasteiger partial charge is 1.00 e. The van der Waals surface area contributed by atoms with Gasteiger partial charge in [-0.1, -0.05) is 48.4 Å². The third-order valence-corrected chi connectivity index (χ3v) is 7.78. The maximum atomic E-state index is 12.7. The van der Waals surface area contributed by atoms with Crippen molar-refractivity contribution in [2.45, 2.75) is 44.7 Å². The molecule has 1 heterocycles. The van der Waals surface area contributed by atoms with Gasteiger partial charge in [0.2, 0.25) is 0 Å². The number of rotatable bonds is 5. The van der Waals surface area contributed by atoms with Gasteiger partial charge in [-0.05, 0) is 43.9 Å². The van der Waals surface area contributed by atoms with Crippen molar-refractivity contribution in [3.63, 3.8) is 0 Å².